The van der Waals surface area contributed by atoms with Crippen molar-refractivity contribution in [1.82, 2.24) is 10.2 Å². The van der Waals surface area contributed by atoms with Crippen LogP contribution in [0.3, 0.4) is 0 Å². The van der Waals surface area contributed by atoms with Crippen molar-refractivity contribution in [3.8, 4) is 0 Å². The van der Waals surface area contributed by atoms with Gasteiger partial charge in [-0.2, -0.15) is 0 Å². The van der Waals surface area contributed by atoms with E-state index in [4.69, 9.17) is 5.73 Å². The highest BCUT2D eigenvalue weighted by Crippen LogP contribution is 2.22. The molecule has 20 heavy (non-hydrogen) atoms. The normalized spacial score (nSPS) is 10.2. The minimum Gasteiger partial charge on any atom is -0.366 e. The van der Waals surface area contributed by atoms with Crippen molar-refractivity contribution >= 4 is 40.6 Å². The van der Waals surface area contributed by atoms with Crippen LogP contribution < -0.4 is 11.1 Å². The molecule has 6 nitrogen and oxygen atoms in total. The highest BCUT2D eigenvalue weighted by Gasteiger charge is 2.11. The summed E-state index contributed by atoms with van der Waals surface area (Å²) < 4.78 is 0.737. The fraction of sp³-hybridized carbons (Fsp3) is 0.167. The van der Waals surface area contributed by atoms with E-state index in [2.05, 4.69) is 15.5 Å². The van der Waals surface area contributed by atoms with Gasteiger partial charge in [-0.3, -0.25) is 9.59 Å². The maximum Gasteiger partial charge on any atom is 0.250 e. The van der Waals surface area contributed by atoms with Crippen LogP contribution in [0.2, 0.25) is 0 Å². The Morgan fingerprint density at radius 1 is 1.35 bits per heavy atom. The Balaban J connectivity index is 1.96. The number of amides is 2. The van der Waals surface area contributed by atoms with E-state index in [0.717, 1.165) is 9.35 Å². The van der Waals surface area contributed by atoms with Crippen LogP contribution in [0.25, 0.3) is 0 Å². The molecule has 1 aromatic heterocycles. The summed E-state index contributed by atoms with van der Waals surface area (Å²) >= 11 is 2.73. The summed E-state index contributed by atoms with van der Waals surface area (Å²) in [6.07, 6.45) is 0. The van der Waals surface area contributed by atoms with Crippen molar-refractivity contribution in [3.63, 3.8) is 0 Å². The van der Waals surface area contributed by atoms with Gasteiger partial charge in [0.2, 0.25) is 5.91 Å². The van der Waals surface area contributed by atoms with Gasteiger partial charge in [0, 0.05) is 0 Å². The van der Waals surface area contributed by atoms with E-state index in [0.29, 0.717) is 5.69 Å². The minimum atomic E-state index is -0.576. The van der Waals surface area contributed by atoms with Gasteiger partial charge in [0.15, 0.2) is 4.34 Å². The minimum absolute atomic E-state index is 0.196. The summed E-state index contributed by atoms with van der Waals surface area (Å²) in [5, 5.41) is 11.3. The van der Waals surface area contributed by atoms with Gasteiger partial charge in [0.25, 0.3) is 5.91 Å². The van der Waals surface area contributed by atoms with E-state index in [1.54, 1.807) is 24.3 Å². The number of thioether (sulfide) groups is 1. The fourth-order valence-electron chi connectivity index (χ4n) is 1.46. The Morgan fingerprint density at radius 3 is 2.75 bits per heavy atom. The van der Waals surface area contributed by atoms with Crippen LogP contribution in [-0.4, -0.2) is 27.8 Å². The van der Waals surface area contributed by atoms with Gasteiger partial charge in [-0.1, -0.05) is 35.2 Å². The van der Waals surface area contributed by atoms with Crippen molar-refractivity contribution in [2.24, 2.45) is 5.73 Å². The SMILES string of the molecule is Cc1nnc(SCC(=O)Nc2ccccc2C(N)=O)s1. The third-order valence-corrected chi connectivity index (χ3v) is 4.27. The predicted octanol–water partition coefficient (Wildman–Crippen LogP) is 1.68. The number of benzene rings is 1. The zero-order chi connectivity index (χ0) is 14.5. The third kappa shape index (κ3) is 3.78. The van der Waals surface area contributed by atoms with Crippen molar-refractivity contribution in [3.05, 3.63) is 34.8 Å². The van der Waals surface area contributed by atoms with Crippen LogP contribution in [0.1, 0.15) is 15.4 Å². The second kappa shape index (κ2) is 6.49. The van der Waals surface area contributed by atoms with Crippen molar-refractivity contribution < 1.29 is 9.59 Å². The molecule has 0 saturated heterocycles. The Bertz CT molecular complexity index is 642. The van der Waals surface area contributed by atoms with Gasteiger partial charge in [-0.25, -0.2) is 0 Å². The molecule has 0 fully saturated rings. The van der Waals surface area contributed by atoms with Crippen LogP contribution >= 0.6 is 23.1 Å². The highest BCUT2D eigenvalue weighted by atomic mass is 32.2. The molecule has 2 amide bonds. The zero-order valence-corrected chi connectivity index (χ0v) is 12.3. The summed E-state index contributed by atoms with van der Waals surface area (Å²) in [4.78, 5) is 23.1. The van der Waals surface area contributed by atoms with Gasteiger partial charge in [0.1, 0.15) is 5.01 Å². The number of nitrogens with one attached hydrogen (secondary N) is 1. The van der Waals surface area contributed by atoms with Crippen LogP contribution in [0, 0.1) is 6.92 Å². The Morgan fingerprint density at radius 2 is 2.10 bits per heavy atom. The second-order valence-electron chi connectivity index (χ2n) is 3.83. The van der Waals surface area contributed by atoms with Gasteiger partial charge < -0.3 is 11.1 Å². The smallest absolute Gasteiger partial charge is 0.250 e. The van der Waals surface area contributed by atoms with E-state index in [9.17, 15) is 9.59 Å². The first-order valence-electron chi connectivity index (χ1n) is 5.68. The van der Waals surface area contributed by atoms with Gasteiger partial charge in [0.05, 0.1) is 17.0 Å². The number of anilines is 1. The molecule has 3 N–H and O–H groups in total. The lowest BCUT2D eigenvalue weighted by atomic mass is 10.1. The molecular weight excluding hydrogens is 296 g/mol. The number of para-hydroxylation sites is 1. The summed E-state index contributed by atoms with van der Waals surface area (Å²) in [7, 11) is 0. The number of primary amides is 1. The number of carbonyl (C=O) groups excluding carboxylic acids is 2. The van der Waals surface area contributed by atoms with Gasteiger partial charge >= 0.3 is 0 Å². The molecular formula is C12H12N4O2S2. The lowest BCUT2D eigenvalue weighted by molar-refractivity contribution is -0.113. The number of nitrogens with zero attached hydrogens (tertiary/aromatic N) is 2. The van der Waals surface area contributed by atoms with Crippen LogP contribution in [0.4, 0.5) is 5.69 Å². The van der Waals surface area contributed by atoms with Crippen LogP contribution in [-0.2, 0) is 4.79 Å². The molecule has 0 atom stereocenters. The largest absolute Gasteiger partial charge is 0.366 e. The van der Waals surface area contributed by atoms with Gasteiger partial charge in [-0.05, 0) is 19.1 Å². The molecule has 0 spiro atoms. The Kier molecular flexibility index (Phi) is 4.70. The van der Waals surface area contributed by atoms with Gasteiger partial charge in [-0.15, -0.1) is 10.2 Å². The Hall–Kier alpha value is -1.93. The quantitative estimate of drug-likeness (QED) is 0.819. The van der Waals surface area contributed by atoms with Crippen LogP contribution in [0.5, 0.6) is 0 Å². The monoisotopic (exact) mass is 308 g/mol. The van der Waals surface area contributed by atoms with E-state index in [1.165, 1.54) is 23.1 Å². The average molecular weight is 308 g/mol. The number of hydrogen-bond acceptors (Lipinski definition) is 6. The van der Waals surface area contributed by atoms with E-state index in [-0.39, 0.29) is 17.2 Å². The number of rotatable bonds is 5. The number of aryl methyl sites for hydroxylation is 1. The molecule has 0 radical (unpaired) electrons. The summed E-state index contributed by atoms with van der Waals surface area (Å²) in [5.74, 6) is -0.605. The maximum absolute atomic E-state index is 11.8. The number of hydrogen-bond donors (Lipinski definition) is 2. The molecule has 2 rings (SSSR count). The standard InChI is InChI=1S/C12H12N4O2S2/c1-7-15-16-12(20-7)19-6-10(17)14-9-5-3-2-4-8(9)11(13)18/h2-5H,6H2,1H3,(H2,13,18)(H,14,17). The molecule has 0 aliphatic heterocycles. The number of carbonyl (C=O) groups is 2. The van der Waals surface area contributed by atoms with Crippen molar-refractivity contribution in [2.45, 2.75) is 11.3 Å². The van der Waals surface area contributed by atoms with Crippen molar-refractivity contribution in [2.75, 3.05) is 11.1 Å². The topological polar surface area (TPSA) is 98.0 Å². The molecule has 1 heterocycles. The molecule has 0 bridgehead atoms. The first-order chi connectivity index (χ1) is 9.56. The lowest BCUT2D eigenvalue weighted by Crippen LogP contribution is -2.19. The van der Waals surface area contributed by atoms with E-state index >= 15 is 0 Å². The first kappa shape index (κ1) is 14.5. The highest BCUT2D eigenvalue weighted by molar-refractivity contribution is 8.01. The van der Waals surface area contributed by atoms with Crippen molar-refractivity contribution in [1.29, 1.82) is 0 Å². The molecule has 104 valence electrons. The molecule has 1 aromatic carbocycles. The first-order valence-corrected chi connectivity index (χ1v) is 7.48. The number of nitrogens with two attached hydrogens (primary N) is 1. The molecule has 8 heteroatoms. The summed E-state index contributed by atoms with van der Waals surface area (Å²) in [5.41, 5.74) is 5.95. The fourth-order valence-corrected chi connectivity index (χ4v) is 3.07. The van der Waals surface area contributed by atoms with Crippen LogP contribution in [0.15, 0.2) is 28.6 Å². The lowest BCUT2D eigenvalue weighted by Gasteiger charge is -2.07. The predicted molar refractivity (Wildman–Crippen MR) is 79.0 cm³/mol. The second-order valence-corrected chi connectivity index (χ2v) is 6.24. The molecule has 0 aliphatic carbocycles. The molecule has 0 saturated carbocycles. The summed E-state index contributed by atoms with van der Waals surface area (Å²) in [6, 6.07) is 6.62. The maximum atomic E-state index is 11.8. The average Bonchev–Trinajstić information content (AvgIpc) is 2.83. The molecule has 0 aliphatic rings. The molecule has 0 unspecified atom stereocenters. The summed E-state index contributed by atoms with van der Waals surface area (Å²) in [6.45, 7) is 1.85. The number of aromatic nitrogens is 2. The molecule has 2 aromatic rings. The third-order valence-electron chi connectivity index (χ3n) is 2.30. The van der Waals surface area contributed by atoms with E-state index in [1.807, 2.05) is 6.92 Å². The van der Waals surface area contributed by atoms with E-state index < -0.39 is 5.91 Å². The zero-order valence-electron chi connectivity index (χ0n) is 10.6. The Labute approximate surface area is 123 Å².